The molecule has 0 fully saturated rings. The number of halogens is 1. The Morgan fingerprint density at radius 2 is 1.61 bits per heavy atom. The molecule has 1 aromatic heterocycles. The van der Waals surface area contributed by atoms with Crippen LogP contribution >= 0.6 is 11.3 Å². The molecular weight excluding hydrogens is 369 g/mol. The van der Waals surface area contributed by atoms with E-state index in [1.165, 1.54) is 17.4 Å². The third-order valence-electron chi connectivity index (χ3n) is 4.28. The van der Waals surface area contributed by atoms with Gasteiger partial charge in [0, 0.05) is 10.9 Å². The minimum atomic E-state index is -0.349. The molecule has 0 saturated heterocycles. The number of nitrogens with zero attached hydrogens (tertiary/aromatic N) is 3. The zero-order valence-electron chi connectivity index (χ0n) is 15.3. The molecule has 0 N–H and O–H groups in total. The standard InChI is InChI=1S/C23H18FN3S/c1-17-16-28-23(26-22-14-8-7-13-21(22)24)27(17)25-15-19-11-5-6-12-20(19)18-9-3-2-4-10-18/h2-16H,1H3/b25-15+,26-23?. The molecule has 0 saturated carbocycles. The summed E-state index contributed by atoms with van der Waals surface area (Å²) in [6.45, 7) is 1.96. The van der Waals surface area contributed by atoms with Gasteiger partial charge in [-0.3, -0.25) is 0 Å². The smallest absolute Gasteiger partial charge is 0.211 e. The van der Waals surface area contributed by atoms with E-state index in [0.29, 0.717) is 10.5 Å². The number of rotatable bonds is 4. The van der Waals surface area contributed by atoms with Gasteiger partial charge in [0.1, 0.15) is 11.5 Å². The summed E-state index contributed by atoms with van der Waals surface area (Å²) in [6, 6.07) is 24.8. The summed E-state index contributed by atoms with van der Waals surface area (Å²) in [7, 11) is 0. The summed E-state index contributed by atoms with van der Waals surface area (Å²) in [4.78, 5) is 5.07. The van der Waals surface area contributed by atoms with Crippen LogP contribution in [0, 0.1) is 12.7 Å². The molecule has 138 valence electrons. The van der Waals surface area contributed by atoms with Crippen molar-refractivity contribution >= 4 is 23.2 Å². The van der Waals surface area contributed by atoms with Gasteiger partial charge in [-0.2, -0.15) is 5.10 Å². The van der Waals surface area contributed by atoms with Crippen molar-refractivity contribution in [2.75, 3.05) is 0 Å². The average Bonchev–Trinajstić information content (AvgIpc) is 3.08. The Kier molecular flexibility index (Phi) is 5.26. The van der Waals surface area contributed by atoms with Crippen molar-refractivity contribution in [1.82, 2.24) is 4.68 Å². The van der Waals surface area contributed by atoms with Gasteiger partial charge in [-0.25, -0.2) is 14.1 Å². The molecule has 4 aromatic rings. The maximum Gasteiger partial charge on any atom is 0.211 e. The van der Waals surface area contributed by atoms with E-state index in [-0.39, 0.29) is 5.82 Å². The predicted molar refractivity (Wildman–Crippen MR) is 114 cm³/mol. The van der Waals surface area contributed by atoms with Gasteiger partial charge < -0.3 is 0 Å². The van der Waals surface area contributed by atoms with Gasteiger partial charge in [0.25, 0.3) is 0 Å². The quantitative estimate of drug-likeness (QED) is 0.397. The largest absolute Gasteiger partial charge is 0.217 e. The van der Waals surface area contributed by atoms with E-state index in [1.807, 2.05) is 54.9 Å². The van der Waals surface area contributed by atoms with Crippen molar-refractivity contribution < 1.29 is 4.39 Å². The molecule has 0 aliphatic rings. The first-order valence-corrected chi connectivity index (χ1v) is 9.75. The number of aromatic nitrogens is 1. The number of thiazole rings is 1. The zero-order valence-corrected chi connectivity index (χ0v) is 16.1. The fourth-order valence-corrected chi connectivity index (χ4v) is 3.68. The Bertz CT molecular complexity index is 1190. The lowest BCUT2D eigenvalue weighted by Crippen LogP contribution is -2.11. The van der Waals surface area contributed by atoms with Gasteiger partial charge in [-0.15, -0.1) is 11.3 Å². The summed E-state index contributed by atoms with van der Waals surface area (Å²) >= 11 is 1.43. The minimum Gasteiger partial charge on any atom is -0.217 e. The molecule has 28 heavy (non-hydrogen) atoms. The van der Waals surface area contributed by atoms with Crippen molar-refractivity contribution in [3.8, 4) is 11.1 Å². The van der Waals surface area contributed by atoms with Crippen LogP contribution in [0.2, 0.25) is 0 Å². The second kappa shape index (κ2) is 8.15. The highest BCUT2D eigenvalue weighted by atomic mass is 32.1. The number of hydrogen-bond donors (Lipinski definition) is 0. The lowest BCUT2D eigenvalue weighted by molar-refractivity contribution is 0.628. The molecule has 1 heterocycles. The Balaban J connectivity index is 1.75. The van der Waals surface area contributed by atoms with E-state index in [0.717, 1.165) is 22.4 Å². The van der Waals surface area contributed by atoms with E-state index in [4.69, 9.17) is 0 Å². The van der Waals surface area contributed by atoms with Crippen LogP contribution in [0.1, 0.15) is 11.3 Å². The fraction of sp³-hybridized carbons (Fsp3) is 0.0435. The predicted octanol–water partition coefficient (Wildman–Crippen LogP) is 5.78. The maximum absolute atomic E-state index is 14.0. The molecule has 0 radical (unpaired) electrons. The van der Waals surface area contributed by atoms with Gasteiger partial charge in [-0.05, 0) is 30.2 Å². The van der Waals surface area contributed by atoms with Crippen molar-refractivity contribution in [3.63, 3.8) is 0 Å². The molecule has 0 aliphatic carbocycles. The van der Waals surface area contributed by atoms with Crippen molar-refractivity contribution in [2.24, 2.45) is 10.1 Å². The highest BCUT2D eigenvalue weighted by molar-refractivity contribution is 7.07. The Morgan fingerprint density at radius 1 is 0.893 bits per heavy atom. The lowest BCUT2D eigenvalue weighted by atomic mass is 10.0. The molecule has 0 spiro atoms. The summed E-state index contributed by atoms with van der Waals surface area (Å²) in [5, 5.41) is 6.59. The van der Waals surface area contributed by atoms with Crippen molar-refractivity contribution in [3.05, 3.63) is 106 Å². The average molecular weight is 387 g/mol. The first-order valence-electron chi connectivity index (χ1n) is 8.87. The van der Waals surface area contributed by atoms with Crippen LogP contribution in [0.25, 0.3) is 11.1 Å². The van der Waals surface area contributed by atoms with E-state index < -0.39 is 0 Å². The van der Waals surface area contributed by atoms with Gasteiger partial charge in [0.05, 0.1) is 11.9 Å². The SMILES string of the molecule is Cc1csc(=Nc2ccccc2F)n1/N=C/c1ccccc1-c1ccccc1. The maximum atomic E-state index is 14.0. The molecule has 4 rings (SSSR count). The number of aryl methyl sites for hydroxylation is 1. The second-order valence-electron chi connectivity index (χ2n) is 6.23. The van der Waals surface area contributed by atoms with Gasteiger partial charge in [0.2, 0.25) is 4.80 Å². The van der Waals surface area contributed by atoms with Gasteiger partial charge in [0.15, 0.2) is 0 Å². The third-order valence-corrected chi connectivity index (χ3v) is 5.21. The number of hydrogen-bond acceptors (Lipinski definition) is 3. The fourth-order valence-electron chi connectivity index (χ4n) is 2.86. The van der Waals surface area contributed by atoms with Crippen LogP contribution in [0.15, 0.2) is 94.3 Å². The Morgan fingerprint density at radius 3 is 2.43 bits per heavy atom. The summed E-state index contributed by atoms with van der Waals surface area (Å²) in [6.07, 6.45) is 1.82. The molecule has 0 aliphatic heterocycles. The molecule has 3 nitrogen and oxygen atoms in total. The second-order valence-corrected chi connectivity index (χ2v) is 7.07. The molecule has 0 atom stereocenters. The zero-order chi connectivity index (χ0) is 19.3. The summed E-state index contributed by atoms with van der Waals surface area (Å²) in [5.74, 6) is -0.349. The van der Waals surface area contributed by atoms with Crippen molar-refractivity contribution in [1.29, 1.82) is 0 Å². The molecule has 0 bridgehead atoms. The molecule has 3 aromatic carbocycles. The highest BCUT2D eigenvalue weighted by Gasteiger charge is 2.05. The Hall–Kier alpha value is -3.31. The van der Waals surface area contributed by atoms with Crippen LogP contribution in [0.3, 0.4) is 0 Å². The monoisotopic (exact) mass is 387 g/mol. The highest BCUT2D eigenvalue weighted by Crippen LogP contribution is 2.22. The lowest BCUT2D eigenvalue weighted by Gasteiger charge is -2.06. The topological polar surface area (TPSA) is 29.6 Å². The van der Waals surface area contributed by atoms with Crippen LogP contribution in [0.4, 0.5) is 10.1 Å². The van der Waals surface area contributed by atoms with Gasteiger partial charge in [-0.1, -0.05) is 66.7 Å². The molecule has 5 heteroatoms. The minimum absolute atomic E-state index is 0.304. The summed E-state index contributed by atoms with van der Waals surface area (Å²) in [5.41, 5.74) is 4.48. The van der Waals surface area contributed by atoms with E-state index in [1.54, 1.807) is 22.9 Å². The first-order chi connectivity index (χ1) is 13.7. The normalized spacial score (nSPS) is 12.0. The van der Waals surface area contributed by atoms with Crippen LogP contribution in [0.5, 0.6) is 0 Å². The van der Waals surface area contributed by atoms with Crippen LogP contribution in [-0.4, -0.2) is 10.9 Å². The van der Waals surface area contributed by atoms with E-state index in [2.05, 4.69) is 28.3 Å². The molecular formula is C23H18FN3S. The first kappa shape index (κ1) is 18.1. The third kappa shape index (κ3) is 3.85. The van der Waals surface area contributed by atoms with Crippen LogP contribution in [-0.2, 0) is 0 Å². The molecule has 0 amide bonds. The Labute approximate surface area is 166 Å². The van der Waals surface area contributed by atoms with Crippen LogP contribution < -0.4 is 4.80 Å². The number of para-hydroxylation sites is 1. The van der Waals surface area contributed by atoms with E-state index in [9.17, 15) is 4.39 Å². The van der Waals surface area contributed by atoms with E-state index >= 15 is 0 Å². The summed E-state index contributed by atoms with van der Waals surface area (Å²) < 4.78 is 15.7. The van der Waals surface area contributed by atoms with Crippen molar-refractivity contribution in [2.45, 2.75) is 6.92 Å². The number of benzene rings is 3. The van der Waals surface area contributed by atoms with Gasteiger partial charge >= 0.3 is 0 Å². The molecule has 0 unspecified atom stereocenters.